The largest absolute Gasteiger partial charge is 0.399 e. The third-order valence-electron chi connectivity index (χ3n) is 2.77. The molecule has 108 valence electrons. The number of nitrogen functional groups attached to an aromatic ring is 1. The van der Waals surface area contributed by atoms with Crippen LogP contribution in [0.5, 0.6) is 0 Å². The van der Waals surface area contributed by atoms with Gasteiger partial charge >= 0.3 is 0 Å². The van der Waals surface area contributed by atoms with Crippen LogP contribution >= 0.6 is 23.2 Å². The first kappa shape index (κ1) is 15.4. The molecule has 0 aliphatic heterocycles. The maximum Gasteiger partial charge on any atom is 0.0514 e. The zero-order valence-corrected chi connectivity index (χ0v) is 13.0. The first-order valence-electron chi connectivity index (χ1n) is 6.30. The van der Waals surface area contributed by atoms with E-state index < -0.39 is 0 Å². The normalized spacial score (nSPS) is 11.3. The van der Waals surface area contributed by atoms with E-state index in [2.05, 4.69) is 5.32 Å². The van der Waals surface area contributed by atoms with Crippen molar-refractivity contribution in [3.05, 3.63) is 64.1 Å². The standard InChI is InChI=1S/C16H15Cl2N3/c1-10(19)8-16(14-7-2-11(17)9-15(14)18)21-13-5-3-12(20)4-6-13/h2-9,19,21H,20H2,1H3/b16-8-,19-10?. The van der Waals surface area contributed by atoms with Gasteiger partial charge in [0.1, 0.15) is 0 Å². The van der Waals surface area contributed by atoms with Gasteiger partial charge in [0.2, 0.25) is 0 Å². The zero-order chi connectivity index (χ0) is 15.4. The Labute approximate surface area is 133 Å². The molecule has 0 saturated carbocycles. The van der Waals surface area contributed by atoms with E-state index in [1.165, 1.54) is 0 Å². The Morgan fingerprint density at radius 1 is 1.14 bits per heavy atom. The second kappa shape index (κ2) is 6.66. The van der Waals surface area contributed by atoms with Gasteiger partial charge in [-0.15, -0.1) is 0 Å². The van der Waals surface area contributed by atoms with Crippen LogP contribution in [0.25, 0.3) is 5.70 Å². The Morgan fingerprint density at radius 3 is 2.38 bits per heavy atom. The first-order valence-corrected chi connectivity index (χ1v) is 7.06. The van der Waals surface area contributed by atoms with E-state index in [9.17, 15) is 0 Å². The van der Waals surface area contributed by atoms with Crippen LogP contribution in [0.15, 0.2) is 48.5 Å². The van der Waals surface area contributed by atoms with E-state index in [1.807, 2.05) is 18.2 Å². The van der Waals surface area contributed by atoms with Crippen LogP contribution in [-0.4, -0.2) is 5.71 Å². The Morgan fingerprint density at radius 2 is 1.81 bits per heavy atom. The maximum atomic E-state index is 7.68. The zero-order valence-electron chi connectivity index (χ0n) is 11.5. The Bertz CT molecular complexity index is 691. The van der Waals surface area contributed by atoms with Gasteiger partial charge in [0.05, 0.1) is 5.02 Å². The molecule has 3 nitrogen and oxygen atoms in total. The second-order valence-corrected chi connectivity index (χ2v) is 5.46. The summed E-state index contributed by atoms with van der Waals surface area (Å²) >= 11 is 12.2. The molecule has 0 aliphatic carbocycles. The molecule has 0 unspecified atom stereocenters. The molecule has 0 spiro atoms. The average Bonchev–Trinajstić information content (AvgIpc) is 2.40. The summed E-state index contributed by atoms with van der Waals surface area (Å²) in [4.78, 5) is 0. The third kappa shape index (κ3) is 4.25. The van der Waals surface area contributed by atoms with E-state index in [4.69, 9.17) is 34.3 Å². The molecule has 0 aliphatic rings. The summed E-state index contributed by atoms with van der Waals surface area (Å²) in [7, 11) is 0. The minimum atomic E-state index is 0.416. The number of benzene rings is 2. The Balaban J connectivity index is 2.39. The fourth-order valence-electron chi connectivity index (χ4n) is 1.83. The highest BCUT2D eigenvalue weighted by Crippen LogP contribution is 2.28. The van der Waals surface area contributed by atoms with Gasteiger partial charge in [-0.3, -0.25) is 0 Å². The molecule has 2 rings (SSSR count). The van der Waals surface area contributed by atoms with E-state index in [0.29, 0.717) is 21.4 Å². The fraction of sp³-hybridized carbons (Fsp3) is 0.0625. The number of nitrogens with two attached hydrogens (primary N) is 1. The minimum Gasteiger partial charge on any atom is -0.399 e. The lowest BCUT2D eigenvalue weighted by Crippen LogP contribution is -2.02. The van der Waals surface area contributed by atoms with Crippen molar-refractivity contribution in [1.29, 1.82) is 5.41 Å². The van der Waals surface area contributed by atoms with Crippen molar-refractivity contribution in [2.24, 2.45) is 0 Å². The van der Waals surface area contributed by atoms with Gasteiger partial charge in [0.25, 0.3) is 0 Å². The van der Waals surface area contributed by atoms with Crippen LogP contribution in [0.3, 0.4) is 0 Å². The molecule has 2 aromatic rings. The molecule has 0 amide bonds. The highest BCUT2D eigenvalue weighted by Gasteiger charge is 2.08. The highest BCUT2D eigenvalue weighted by molar-refractivity contribution is 6.35. The molecule has 0 bridgehead atoms. The number of nitrogens with one attached hydrogen (secondary N) is 2. The van der Waals surface area contributed by atoms with E-state index in [-0.39, 0.29) is 0 Å². The molecule has 2 aromatic carbocycles. The van der Waals surface area contributed by atoms with Crippen molar-refractivity contribution in [3.8, 4) is 0 Å². The van der Waals surface area contributed by atoms with Gasteiger partial charge in [0, 0.05) is 33.4 Å². The monoisotopic (exact) mass is 319 g/mol. The summed E-state index contributed by atoms with van der Waals surface area (Å²) < 4.78 is 0. The van der Waals surface area contributed by atoms with Crippen molar-refractivity contribution in [3.63, 3.8) is 0 Å². The molecule has 0 atom stereocenters. The van der Waals surface area contributed by atoms with Crippen molar-refractivity contribution in [1.82, 2.24) is 0 Å². The molecular formula is C16H15Cl2N3. The van der Waals surface area contributed by atoms with E-state index in [1.54, 1.807) is 37.3 Å². The number of hydrogen-bond donors (Lipinski definition) is 3. The smallest absolute Gasteiger partial charge is 0.0514 e. The van der Waals surface area contributed by atoms with Gasteiger partial charge in [0.15, 0.2) is 0 Å². The fourth-order valence-corrected chi connectivity index (χ4v) is 2.34. The maximum absolute atomic E-state index is 7.68. The van der Waals surface area contributed by atoms with Crippen LogP contribution in [0.1, 0.15) is 12.5 Å². The molecule has 21 heavy (non-hydrogen) atoms. The summed E-state index contributed by atoms with van der Waals surface area (Å²) in [6.45, 7) is 1.70. The third-order valence-corrected chi connectivity index (χ3v) is 3.32. The number of halogens is 2. The van der Waals surface area contributed by atoms with Crippen LogP contribution in [0.2, 0.25) is 10.0 Å². The lowest BCUT2D eigenvalue weighted by Gasteiger charge is -2.13. The van der Waals surface area contributed by atoms with Gasteiger partial charge in [-0.2, -0.15) is 0 Å². The Hall–Kier alpha value is -1.97. The van der Waals surface area contributed by atoms with E-state index in [0.717, 1.165) is 16.9 Å². The Kier molecular flexibility index (Phi) is 4.89. The van der Waals surface area contributed by atoms with Gasteiger partial charge in [-0.1, -0.05) is 23.2 Å². The molecule has 0 heterocycles. The molecule has 0 fully saturated rings. The topological polar surface area (TPSA) is 61.9 Å². The molecular weight excluding hydrogens is 305 g/mol. The lowest BCUT2D eigenvalue weighted by molar-refractivity contribution is 1.48. The molecule has 4 N–H and O–H groups in total. The molecule has 0 aromatic heterocycles. The number of allylic oxidation sites excluding steroid dienone is 1. The number of rotatable bonds is 4. The highest BCUT2D eigenvalue weighted by atomic mass is 35.5. The summed E-state index contributed by atoms with van der Waals surface area (Å²) in [6.07, 6.45) is 1.71. The van der Waals surface area contributed by atoms with Gasteiger partial charge in [-0.05, 0) is 55.5 Å². The van der Waals surface area contributed by atoms with Crippen LogP contribution in [0.4, 0.5) is 11.4 Å². The van der Waals surface area contributed by atoms with Crippen LogP contribution in [0, 0.1) is 5.41 Å². The van der Waals surface area contributed by atoms with E-state index >= 15 is 0 Å². The predicted octanol–water partition coefficient (Wildman–Crippen LogP) is 5.07. The molecule has 5 heteroatoms. The van der Waals surface area contributed by atoms with Crippen molar-refractivity contribution in [2.75, 3.05) is 11.1 Å². The average molecular weight is 320 g/mol. The number of hydrogen-bond acceptors (Lipinski definition) is 3. The SMILES string of the molecule is CC(=N)/C=C(\Nc1ccc(N)cc1)c1ccc(Cl)cc1Cl. The van der Waals surface area contributed by atoms with Gasteiger partial charge in [-0.25, -0.2) is 0 Å². The second-order valence-electron chi connectivity index (χ2n) is 4.61. The van der Waals surface area contributed by atoms with Gasteiger partial charge < -0.3 is 16.5 Å². The summed E-state index contributed by atoms with van der Waals surface area (Å²) in [5.74, 6) is 0. The quantitative estimate of drug-likeness (QED) is 0.544. The lowest BCUT2D eigenvalue weighted by atomic mass is 10.1. The van der Waals surface area contributed by atoms with Crippen LogP contribution in [-0.2, 0) is 0 Å². The summed E-state index contributed by atoms with van der Waals surface area (Å²) in [5.41, 5.74) is 9.16. The van der Waals surface area contributed by atoms with Crippen molar-refractivity contribution < 1.29 is 0 Å². The van der Waals surface area contributed by atoms with Crippen molar-refractivity contribution in [2.45, 2.75) is 6.92 Å². The predicted molar refractivity (Wildman–Crippen MR) is 92.3 cm³/mol. The summed E-state index contributed by atoms with van der Waals surface area (Å²) in [6, 6.07) is 12.6. The number of anilines is 2. The van der Waals surface area contributed by atoms with Crippen LogP contribution < -0.4 is 11.1 Å². The van der Waals surface area contributed by atoms with Crippen molar-refractivity contribution >= 4 is 46.0 Å². The summed E-state index contributed by atoms with van der Waals surface area (Å²) in [5, 5.41) is 12.0. The molecule has 0 saturated heterocycles. The first-order chi connectivity index (χ1) is 9.95. The molecule has 0 radical (unpaired) electrons. The minimum absolute atomic E-state index is 0.416.